The van der Waals surface area contributed by atoms with Gasteiger partial charge in [-0.2, -0.15) is 0 Å². The Morgan fingerprint density at radius 3 is 2.54 bits per heavy atom. The largest absolute Gasteiger partial charge is 0.394 e. The topological polar surface area (TPSA) is 68.2 Å². The van der Waals surface area contributed by atoms with Gasteiger partial charge < -0.3 is 24.4 Å². The standard InChI is InChI=1S/C8H14O5/c1-8(2)12-6-5(10)4(3-9)11-7(6)13-8/h4-7,9-10H,3H2,1-2H3/t4-,5+,6?,7-/m1/s1. The van der Waals surface area contributed by atoms with E-state index in [1.807, 2.05) is 0 Å². The average molecular weight is 190 g/mol. The van der Waals surface area contributed by atoms with Crippen LogP contribution >= 0.6 is 0 Å². The Morgan fingerprint density at radius 1 is 1.31 bits per heavy atom. The van der Waals surface area contributed by atoms with E-state index in [9.17, 15) is 5.11 Å². The van der Waals surface area contributed by atoms with Gasteiger partial charge in [-0.15, -0.1) is 0 Å². The van der Waals surface area contributed by atoms with Crippen molar-refractivity contribution in [3.05, 3.63) is 0 Å². The van der Waals surface area contributed by atoms with Crippen LogP contribution in [-0.2, 0) is 14.2 Å². The van der Waals surface area contributed by atoms with Crippen molar-refractivity contribution in [1.29, 1.82) is 0 Å². The van der Waals surface area contributed by atoms with Gasteiger partial charge in [0.05, 0.1) is 6.61 Å². The summed E-state index contributed by atoms with van der Waals surface area (Å²) in [5.41, 5.74) is 0. The SMILES string of the molecule is CC1(C)OC2[C@H](O[C@H](CO)[C@@H]2O)O1. The van der Waals surface area contributed by atoms with Crippen LogP contribution in [0.5, 0.6) is 0 Å². The molecule has 0 radical (unpaired) electrons. The third-order valence-electron chi connectivity index (χ3n) is 2.29. The molecule has 2 N–H and O–H groups in total. The number of rotatable bonds is 1. The molecule has 5 heteroatoms. The lowest BCUT2D eigenvalue weighted by Gasteiger charge is -2.21. The van der Waals surface area contributed by atoms with E-state index in [-0.39, 0.29) is 6.61 Å². The van der Waals surface area contributed by atoms with Crippen LogP contribution in [0.2, 0.25) is 0 Å². The van der Waals surface area contributed by atoms with Gasteiger partial charge in [-0.1, -0.05) is 0 Å². The monoisotopic (exact) mass is 190 g/mol. The van der Waals surface area contributed by atoms with E-state index >= 15 is 0 Å². The van der Waals surface area contributed by atoms with Crippen molar-refractivity contribution < 1.29 is 24.4 Å². The first kappa shape index (κ1) is 9.36. The second-order valence-corrected chi connectivity index (χ2v) is 3.82. The maximum absolute atomic E-state index is 9.60. The highest BCUT2D eigenvalue weighted by atomic mass is 16.8. The molecule has 0 aromatic heterocycles. The van der Waals surface area contributed by atoms with Gasteiger partial charge in [-0.05, 0) is 13.8 Å². The number of aliphatic hydroxyl groups is 2. The van der Waals surface area contributed by atoms with Crippen LogP contribution in [-0.4, -0.2) is 47.2 Å². The van der Waals surface area contributed by atoms with E-state index in [0.29, 0.717) is 0 Å². The molecule has 2 heterocycles. The first-order valence-electron chi connectivity index (χ1n) is 4.33. The third kappa shape index (κ3) is 1.47. The Bertz CT molecular complexity index is 205. The van der Waals surface area contributed by atoms with Crippen molar-refractivity contribution in [2.75, 3.05) is 6.61 Å². The second kappa shape index (κ2) is 2.90. The molecular formula is C8H14O5. The van der Waals surface area contributed by atoms with Gasteiger partial charge in [-0.25, -0.2) is 0 Å². The lowest BCUT2D eigenvalue weighted by Crippen LogP contribution is -2.36. The van der Waals surface area contributed by atoms with Crippen molar-refractivity contribution in [2.45, 2.75) is 44.2 Å². The maximum atomic E-state index is 9.60. The molecular weight excluding hydrogens is 176 g/mol. The first-order chi connectivity index (χ1) is 6.03. The van der Waals surface area contributed by atoms with E-state index in [1.165, 1.54) is 0 Å². The second-order valence-electron chi connectivity index (χ2n) is 3.82. The summed E-state index contributed by atoms with van der Waals surface area (Å²) in [6.07, 6.45) is -2.43. The van der Waals surface area contributed by atoms with Gasteiger partial charge >= 0.3 is 0 Å². The van der Waals surface area contributed by atoms with Crippen LogP contribution in [0.3, 0.4) is 0 Å². The number of fused-ring (bicyclic) bond motifs is 1. The highest BCUT2D eigenvalue weighted by Gasteiger charge is 2.53. The molecule has 76 valence electrons. The third-order valence-corrected chi connectivity index (χ3v) is 2.29. The summed E-state index contributed by atoms with van der Waals surface area (Å²) >= 11 is 0. The fourth-order valence-electron chi connectivity index (χ4n) is 1.71. The Morgan fingerprint density at radius 2 is 2.00 bits per heavy atom. The molecule has 0 bridgehead atoms. The summed E-state index contributed by atoms with van der Waals surface area (Å²) in [5.74, 6) is -0.712. The number of hydrogen-bond acceptors (Lipinski definition) is 5. The number of aliphatic hydroxyl groups excluding tert-OH is 2. The van der Waals surface area contributed by atoms with E-state index in [2.05, 4.69) is 0 Å². The molecule has 1 unspecified atom stereocenters. The highest BCUT2D eigenvalue weighted by Crippen LogP contribution is 2.36. The molecule has 2 aliphatic heterocycles. The van der Waals surface area contributed by atoms with Gasteiger partial charge in [0, 0.05) is 0 Å². The van der Waals surface area contributed by atoms with Crippen LogP contribution in [0.15, 0.2) is 0 Å². The fourth-order valence-corrected chi connectivity index (χ4v) is 1.71. The Hall–Kier alpha value is -0.200. The summed E-state index contributed by atoms with van der Waals surface area (Å²) in [6, 6.07) is 0. The van der Waals surface area contributed by atoms with E-state index in [0.717, 1.165) is 0 Å². The minimum Gasteiger partial charge on any atom is -0.394 e. The quantitative estimate of drug-likeness (QED) is 0.567. The van der Waals surface area contributed by atoms with Crippen molar-refractivity contribution in [3.8, 4) is 0 Å². The van der Waals surface area contributed by atoms with Gasteiger partial charge in [0.15, 0.2) is 12.1 Å². The minimum atomic E-state index is -0.809. The van der Waals surface area contributed by atoms with E-state index in [1.54, 1.807) is 13.8 Å². The lowest BCUT2D eigenvalue weighted by atomic mass is 10.1. The first-order valence-corrected chi connectivity index (χ1v) is 4.33. The molecule has 2 rings (SSSR count). The summed E-state index contributed by atoms with van der Waals surface area (Å²) in [6.45, 7) is 3.30. The molecule has 0 amide bonds. The number of hydrogen-bond donors (Lipinski definition) is 2. The Balaban J connectivity index is 2.07. The lowest BCUT2D eigenvalue weighted by molar-refractivity contribution is -0.218. The molecule has 13 heavy (non-hydrogen) atoms. The molecule has 0 spiro atoms. The van der Waals surface area contributed by atoms with Gasteiger partial charge in [-0.3, -0.25) is 0 Å². The zero-order valence-electron chi connectivity index (χ0n) is 7.64. The molecule has 2 saturated heterocycles. The minimum absolute atomic E-state index is 0.221. The highest BCUT2D eigenvalue weighted by molar-refractivity contribution is 4.92. The summed E-state index contributed by atoms with van der Waals surface area (Å²) in [4.78, 5) is 0. The van der Waals surface area contributed by atoms with Gasteiger partial charge in [0.2, 0.25) is 0 Å². The normalized spacial score (nSPS) is 48.0. The summed E-state index contributed by atoms with van der Waals surface area (Å²) in [5, 5.41) is 18.4. The smallest absolute Gasteiger partial charge is 0.190 e. The average Bonchev–Trinajstić information content (AvgIpc) is 2.47. The number of ether oxygens (including phenoxy) is 3. The zero-order chi connectivity index (χ0) is 9.64. The van der Waals surface area contributed by atoms with Crippen LogP contribution in [0.1, 0.15) is 13.8 Å². The molecule has 2 fully saturated rings. The van der Waals surface area contributed by atoms with Crippen molar-refractivity contribution in [1.82, 2.24) is 0 Å². The Kier molecular flexibility index (Phi) is 2.08. The Labute approximate surface area is 76.2 Å². The van der Waals surface area contributed by atoms with Crippen LogP contribution in [0.4, 0.5) is 0 Å². The van der Waals surface area contributed by atoms with E-state index < -0.39 is 30.4 Å². The van der Waals surface area contributed by atoms with Crippen LogP contribution in [0.25, 0.3) is 0 Å². The molecule has 0 saturated carbocycles. The molecule has 0 aromatic carbocycles. The molecule has 0 aromatic rings. The van der Waals surface area contributed by atoms with Crippen molar-refractivity contribution >= 4 is 0 Å². The van der Waals surface area contributed by atoms with Crippen LogP contribution in [0, 0.1) is 0 Å². The van der Waals surface area contributed by atoms with Crippen molar-refractivity contribution in [2.24, 2.45) is 0 Å². The van der Waals surface area contributed by atoms with Crippen LogP contribution < -0.4 is 0 Å². The van der Waals surface area contributed by atoms with Gasteiger partial charge in [0.25, 0.3) is 0 Å². The fraction of sp³-hybridized carbons (Fsp3) is 1.00. The summed E-state index contributed by atoms with van der Waals surface area (Å²) in [7, 11) is 0. The molecule has 4 atom stereocenters. The van der Waals surface area contributed by atoms with E-state index in [4.69, 9.17) is 19.3 Å². The molecule has 2 aliphatic rings. The predicted octanol–water partition coefficient (Wildman–Crippen LogP) is -0.784. The van der Waals surface area contributed by atoms with Crippen molar-refractivity contribution in [3.63, 3.8) is 0 Å². The maximum Gasteiger partial charge on any atom is 0.190 e. The molecule has 5 nitrogen and oxygen atoms in total. The zero-order valence-corrected chi connectivity index (χ0v) is 7.64. The van der Waals surface area contributed by atoms with Gasteiger partial charge in [0.1, 0.15) is 18.3 Å². The summed E-state index contributed by atoms with van der Waals surface area (Å²) < 4.78 is 16.0. The molecule has 0 aliphatic carbocycles. The predicted molar refractivity (Wildman–Crippen MR) is 41.8 cm³/mol.